The number of ether oxygens (including phenoxy) is 2. The maximum atomic E-state index is 9.23. The fourth-order valence-corrected chi connectivity index (χ4v) is 5.84. The standard InChI is InChI=1S/C32H38O3/c1-2-3-17-34-29-14-16-31-27(20-29)11-15-30(25-7-5-4-6-8-25)32(31)26-9-12-28(13-10-26)35-22-24-18-23(19-24)21-33/h4-10,12-14,16,20,23-24,30,32-33H,2-3,11,15,17-19,21-22H2,1H3/t23-,24-,30-,32+/m1/s1. The highest BCUT2D eigenvalue weighted by atomic mass is 16.5. The maximum Gasteiger partial charge on any atom is 0.119 e. The molecule has 0 heterocycles. The minimum absolute atomic E-state index is 0.309. The predicted molar refractivity (Wildman–Crippen MR) is 141 cm³/mol. The van der Waals surface area contributed by atoms with Gasteiger partial charge in [0.25, 0.3) is 0 Å². The molecular formula is C32H38O3. The van der Waals surface area contributed by atoms with Crippen LogP contribution in [0.1, 0.15) is 73.1 Å². The molecule has 0 amide bonds. The van der Waals surface area contributed by atoms with E-state index in [1.54, 1.807) is 0 Å². The summed E-state index contributed by atoms with van der Waals surface area (Å²) >= 11 is 0. The number of fused-ring (bicyclic) bond motifs is 1. The zero-order valence-corrected chi connectivity index (χ0v) is 20.9. The van der Waals surface area contributed by atoms with Crippen molar-refractivity contribution >= 4 is 0 Å². The highest BCUT2D eigenvalue weighted by molar-refractivity contribution is 5.48. The number of aliphatic hydroxyl groups excluding tert-OH is 1. The van der Waals surface area contributed by atoms with Crippen LogP contribution in [0.2, 0.25) is 0 Å². The van der Waals surface area contributed by atoms with E-state index in [9.17, 15) is 5.11 Å². The van der Waals surface area contributed by atoms with Gasteiger partial charge < -0.3 is 14.6 Å². The smallest absolute Gasteiger partial charge is 0.119 e. The Kier molecular flexibility index (Phi) is 7.73. The quantitative estimate of drug-likeness (QED) is 0.321. The third-order valence-corrected chi connectivity index (χ3v) is 7.89. The maximum absolute atomic E-state index is 9.23. The van der Waals surface area contributed by atoms with Crippen LogP contribution in [0.4, 0.5) is 0 Å². The van der Waals surface area contributed by atoms with Crippen LogP contribution in [0.15, 0.2) is 72.8 Å². The van der Waals surface area contributed by atoms with Crippen LogP contribution in [0, 0.1) is 11.8 Å². The third-order valence-electron chi connectivity index (χ3n) is 7.89. The molecule has 2 atom stereocenters. The lowest BCUT2D eigenvalue weighted by molar-refractivity contribution is 0.0730. The Balaban J connectivity index is 1.37. The minimum atomic E-state index is 0.309. The predicted octanol–water partition coefficient (Wildman–Crippen LogP) is 7.12. The first-order valence-electron chi connectivity index (χ1n) is 13.4. The number of aryl methyl sites for hydroxylation is 1. The number of unbranched alkanes of at least 4 members (excludes halogenated alkanes) is 1. The van der Waals surface area contributed by atoms with Gasteiger partial charge in [-0.3, -0.25) is 0 Å². The molecule has 3 nitrogen and oxygen atoms in total. The first-order valence-corrected chi connectivity index (χ1v) is 13.4. The van der Waals surface area contributed by atoms with Crippen LogP contribution >= 0.6 is 0 Å². The summed E-state index contributed by atoms with van der Waals surface area (Å²) in [6, 6.07) is 26.5. The Labute approximate surface area is 210 Å². The molecule has 5 rings (SSSR count). The topological polar surface area (TPSA) is 38.7 Å². The molecule has 0 aromatic heterocycles. The van der Waals surface area contributed by atoms with Crippen LogP contribution in [0.25, 0.3) is 0 Å². The van der Waals surface area contributed by atoms with Crippen molar-refractivity contribution in [3.05, 3.63) is 95.1 Å². The summed E-state index contributed by atoms with van der Waals surface area (Å²) in [7, 11) is 0. The van der Waals surface area contributed by atoms with Gasteiger partial charge in [0, 0.05) is 12.5 Å². The van der Waals surface area contributed by atoms with Crippen LogP contribution in [0.5, 0.6) is 11.5 Å². The average molecular weight is 471 g/mol. The molecule has 3 heteroatoms. The Morgan fingerprint density at radius 2 is 1.60 bits per heavy atom. The van der Waals surface area contributed by atoms with Gasteiger partial charge in [-0.15, -0.1) is 0 Å². The second kappa shape index (κ2) is 11.3. The third kappa shape index (κ3) is 5.56. The van der Waals surface area contributed by atoms with E-state index in [1.807, 2.05) is 0 Å². The van der Waals surface area contributed by atoms with Gasteiger partial charge in [0.15, 0.2) is 0 Å². The summed E-state index contributed by atoms with van der Waals surface area (Å²) in [6.45, 7) is 4.04. The highest BCUT2D eigenvalue weighted by Gasteiger charge is 2.32. The molecule has 35 heavy (non-hydrogen) atoms. The summed E-state index contributed by atoms with van der Waals surface area (Å²) in [6.07, 6.45) is 6.61. The van der Waals surface area contributed by atoms with Gasteiger partial charge in [0.2, 0.25) is 0 Å². The van der Waals surface area contributed by atoms with E-state index in [0.717, 1.165) is 63.2 Å². The summed E-state index contributed by atoms with van der Waals surface area (Å²) in [5.41, 5.74) is 5.59. The van der Waals surface area contributed by atoms with E-state index < -0.39 is 0 Å². The first kappa shape index (κ1) is 23.9. The molecule has 0 aliphatic heterocycles. The molecule has 2 aliphatic rings. The van der Waals surface area contributed by atoms with Crippen LogP contribution in [0.3, 0.4) is 0 Å². The van der Waals surface area contributed by atoms with Gasteiger partial charge in [-0.2, -0.15) is 0 Å². The van der Waals surface area contributed by atoms with Crippen LogP contribution < -0.4 is 9.47 Å². The van der Waals surface area contributed by atoms with E-state index in [0.29, 0.717) is 30.3 Å². The Bertz CT molecular complexity index is 1070. The minimum Gasteiger partial charge on any atom is -0.494 e. The number of aliphatic hydroxyl groups is 1. The van der Waals surface area contributed by atoms with Crippen molar-refractivity contribution in [2.75, 3.05) is 19.8 Å². The van der Waals surface area contributed by atoms with Crippen molar-refractivity contribution in [1.29, 1.82) is 0 Å². The first-order chi connectivity index (χ1) is 17.2. The average Bonchev–Trinajstić information content (AvgIpc) is 2.88. The Morgan fingerprint density at radius 3 is 2.34 bits per heavy atom. The molecule has 0 unspecified atom stereocenters. The summed E-state index contributed by atoms with van der Waals surface area (Å²) < 4.78 is 12.1. The molecule has 1 fully saturated rings. The van der Waals surface area contributed by atoms with Crippen molar-refractivity contribution in [2.45, 2.75) is 57.3 Å². The summed E-state index contributed by atoms with van der Waals surface area (Å²) in [4.78, 5) is 0. The van der Waals surface area contributed by atoms with Gasteiger partial charge >= 0.3 is 0 Å². The number of benzene rings is 3. The van der Waals surface area contributed by atoms with Crippen LogP contribution in [-0.2, 0) is 6.42 Å². The SMILES string of the molecule is CCCCOc1ccc2c(c1)CC[C@H](c1ccccc1)[C@@H]2c1ccc(OC[C@H]2C[C@H](CO)C2)cc1. The monoisotopic (exact) mass is 470 g/mol. The lowest BCUT2D eigenvalue weighted by atomic mass is 9.69. The fraction of sp³-hybridized carbons (Fsp3) is 0.438. The molecular weight excluding hydrogens is 432 g/mol. The molecule has 184 valence electrons. The van der Waals surface area contributed by atoms with E-state index in [-0.39, 0.29) is 0 Å². The molecule has 1 N–H and O–H groups in total. The van der Waals surface area contributed by atoms with E-state index >= 15 is 0 Å². The van der Waals surface area contributed by atoms with E-state index in [2.05, 4.69) is 79.7 Å². The van der Waals surface area contributed by atoms with Gasteiger partial charge in [0.05, 0.1) is 13.2 Å². The molecule has 0 spiro atoms. The summed E-state index contributed by atoms with van der Waals surface area (Å²) in [5, 5.41) is 9.23. The van der Waals surface area contributed by atoms with E-state index in [4.69, 9.17) is 9.47 Å². The molecule has 1 saturated carbocycles. The van der Waals surface area contributed by atoms with Crippen molar-refractivity contribution in [1.82, 2.24) is 0 Å². The molecule has 3 aromatic carbocycles. The van der Waals surface area contributed by atoms with Gasteiger partial charge in [-0.1, -0.05) is 61.9 Å². The lowest BCUT2D eigenvalue weighted by Crippen LogP contribution is -2.30. The van der Waals surface area contributed by atoms with Gasteiger partial charge in [0.1, 0.15) is 11.5 Å². The highest BCUT2D eigenvalue weighted by Crippen LogP contribution is 2.47. The number of hydrogen-bond acceptors (Lipinski definition) is 3. The second-order valence-electron chi connectivity index (χ2n) is 10.4. The van der Waals surface area contributed by atoms with Crippen molar-refractivity contribution < 1.29 is 14.6 Å². The normalized spacial score (nSPS) is 23.3. The Morgan fingerprint density at radius 1 is 0.829 bits per heavy atom. The van der Waals surface area contributed by atoms with Gasteiger partial charge in [-0.25, -0.2) is 0 Å². The number of rotatable bonds is 10. The van der Waals surface area contributed by atoms with Crippen molar-refractivity contribution in [3.63, 3.8) is 0 Å². The molecule has 0 radical (unpaired) electrons. The second-order valence-corrected chi connectivity index (χ2v) is 10.4. The van der Waals surface area contributed by atoms with Crippen molar-refractivity contribution in [3.8, 4) is 11.5 Å². The van der Waals surface area contributed by atoms with Crippen molar-refractivity contribution in [2.24, 2.45) is 11.8 Å². The molecule has 0 bridgehead atoms. The zero-order valence-electron chi connectivity index (χ0n) is 20.9. The lowest BCUT2D eigenvalue weighted by Gasteiger charge is -2.35. The summed E-state index contributed by atoms with van der Waals surface area (Å²) in [5.74, 6) is 3.76. The molecule has 0 saturated heterocycles. The van der Waals surface area contributed by atoms with Gasteiger partial charge in [-0.05, 0) is 96.4 Å². The van der Waals surface area contributed by atoms with Crippen LogP contribution in [-0.4, -0.2) is 24.9 Å². The largest absolute Gasteiger partial charge is 0.494 e. The fourth-order valence-electron chi connectivity index (χ4n) is 5.84. The molecule has 3 aromatic rings. The Hall–Kier alpha value is -2.78. The molecule has 2 aliphatic carbocycles. The number of hydrogen-bond donors (Lipinski definition) is 1. The van der Waals surface area contributed by atoms with E-state index in [1.165, 1.54) is 22.3 Å². The zero-order chi connectivity index (χ0) is 24.0.